The van der Waals surface area contributed by atoms with Crippen LogP contribution < -0.4 is 10.1 Å². The van der Waals surface area contributed by atoms with Gasteiger partial charge in [0.2, 0.25) is 5.91 Å². The van der Waals surface area contributed by atoms with E-state index in [2.05, 4.69) is 5.32 Å². The van der Waals surface area contributed by atoms with Crippen LogP contribution in [0, 0.1) is 5.92 Å². The molecule has 2 aromatic rings. The third-order valence-electron chi connectivity index (χ3n) is 3.97. The van der Waals surface area contributed by atoms with Gasteiger partial charge in [-0.3, -0.25) is 4.79 Å². The lowest BCUT2D eigenvalue weighted by Crippen LogP contribution is -2.31. The summed E-state index contributed by atoms with van der Waals surface area (Å²) in [6, 6.07) is 13.0. The van der Waals surface area contributed by atoms with E-state index in [9.17, 15) is 4.79 Å². The van der Waals surface area contributed by atoms with Crippen LogP contribution in [-0.4, -0.2) is 13.0 Å². The summed E-state index contributed by atoms with van der Waals surface area (Å²) in [4.78, 5) is 12.4. The summed E-state index contributed by atoms with van der Waals surface area (Å²) in [5.74, 6) is 0.704. The number of methoxy groups -OCH3 is 1. The minimum atomic E-state index is -0.123. The van der Waals surface area contributed by atoms with Crippen molar-refractivity contribution in [3.8, 4) is 5.75 Å². The van der Waals surface area contributed by atoms with E-state index >= 15 is 0 Å². The minimum absolute atomic E-state index is 0.0272. The van der Waals surface area contributed by atoms with Crippen molar-refractivity contribution in [3.63, 3.8) is 0 Å². The summed E-state index contributed by atoms with van der Waals surface area (Å²) in [5, 5.41) is 4.19. The molecule has 1 atom stereocenters. The molecule has 0 aliphatic carbocycles. The van der Waals surface area contributed by atoms with E-state index in [4.69, 9.17) is 27.9 Å². The zero-order valence-corrected chi connectivity index (χ0v) is 15.3. The van der Waals surface area contributed by atoms with Gasteiger partial charge >= 0.3 is 0 Å². The molecule has 0 aromatic heterocycles. The Morgan fingerprint density at radius 2 is 1.88 bits per heavy atom. The molecular weight excluding hydrogens is 345 g/mol. The molecule has 1 unspecified atom stereocenters. The van der Waals surface area contributed by atoms with E-state index in [1.807, 2.05) is 37.3 Å². The molecule has 0 spiro atoms. The van der Waals surface area contributed by atoms with Crippen LogP contribution in [0.25, 0.3) is 0 Å². The lowest BCUT2D eigenvalue weighted by molar-refractivity contribution is -0.125. The highest BCUT2D eigenvalue weighted by atomic mass is 35.5. The Labute approximate surface area is 152 Å². The molecule has 0 radical (unpaired) electrons. The number of hydrogen-bond acceptors (Lipinski definition) is 2. The van der Waals surface area contributed by atoms with Crippen LogP contribution in [-0.2, 0) is 17.8 Å². The second kappa shape index (κ2) is 8.95. The van der Waals surface area contributed by atoms with Gasteiger partial charge in [-0.1, -0.05) is 48.3 Å². The Kier molecular flexibility index (Phi) is 6.95. The lowest BCUT2D eigenvalue weighted by atomic mass is 9.96. The summed E-state index contributed by atoms with van der Waals surface area (Å²) < 4.78 is 5.13. The summed E-state index contributed by atoms with van der Waals surface area (Å²) >= 11 is 12.1. The van der Waals surface area contributed by atoms with Gasteiger partial charge in [0.15, 0.2) is 0 Å². The van der Waals surface area contributed by atoms with Crippen molar-refractivity contribution in [1.29, 1.82) is 0 Å². The fourth-order valence-electron chi connectivity index (χ4n) is 2.45. The third-order valence-corrected chi connectivity index (χ3v) is 4.56. The van der Waals surface area contributed by atoms with E-state index in [1.165, 1.54) is 0 Å². The first-order valence-corrected chi connectivity index (χ1v) is 8.63. The van der Waals surface area contributed by atoms with E-state index in [0.717, 1.165) is 23.3 Å². The SMILES string of the molecule is CCC(Cc1ccc(Cl)cc1Cl)C(=O)NCc1ccc(OC)cc1. The fourth-order valence-corrected chi connectivity index (χ4v) is 2.94. The first-order valence-electron chi connectivity index (χ1n) is 7.88. The van der Waals surface area contributed by atoms with E-state index in [0.29, 0.717) is 23.0 Å². The molecule has 3 nitrogen and oxygen atoms in total. The molecule has 0 saturated carbocycles. The van der Waals surface area contributed by atoms with Crippen molar-refractivity contribution in [1.82, 2.24) is 5.32 Å². The standard InChI is InChI=1S/C19H21Cl2NO2/c1-3-14(10-15-6-7-16(20)11-18(15)21)19(23)22-12-13-4-8-17(24-2)9-5-13/h4-9,11,14H,3,10,12H2,1-2H3,(H,22,23). The minimum Gasteiger partial charge on any atom is -0.497 e. The Hall–Kier alpha value is -1.71. The van der Waals surface area contributed by atoms with Gasteiger partial charge in [0.25, 0.3) is 0 Å². The predicted molar refractivity (Wildman–Crippen MR) is 98.8 cm³/mol. The number of carbonyl (C=O) groups is 1. The average molecular weight is 366 g/mol. The Bertz CT molecular complexity index is 686. The zero-order valence-electron chi connectivity index (χ0n) is 13.8. The van der Waals surface area contributed by atoms with E-state index < -0.39 is 0 Å². The molecule has 0 aliphatic rings. The van der Waals surface area contributed by atoms with Crippen LogP contribution in [0.1, 0.15) is 24.5 Å². The molecule has 0 saturated heterocycles. The molecular formula is C19H21Cl2NO2. The van der Waals surface area contributed by atoms with Gasteiger partial charge in [0.05, 0.1) is 7.11 Å². The van der Waals surface area contributed by atoms with Crippen LogP contribution >= 0.6 is 23.2 Å². The fraction of sp³-hybridized carbons (Fsp3) is 0.316. The maximum absolute atomic E-state index is 12.4. The van der Waals surface area contributed by atoms with Gasteiger partial charge in [-0.15, -0.1) is 0 Å². The van der Waals surface area contributed by atoms with Crippen molar-refractivity contribution < 1.29 is 9.53 Å². The summed E-state index contributed by atoms with van der Waals surface area (Å²) in [6.45, 7) is 2.50. The second-order valence-electron chi connectivity index (χ2n) is 5.61. The third kappa shape index (κ3) is 5.15. The predicted octanol–water partition coefficient (Wildman–Crippen LogP) is 4.89. The number of amides is 1. The molecule has 2 rings (SSSR count). The molecule has 1 N–H and O–H groups in total. The summed E-state index contributed by atoms with van der Waals surface area (Å²) in [6.07, 6.45) is 1.34. The summed E-state index contributed by atoms with van der Waals surface area (Å²) in [7, 11) is 1.63. The molecule has 0 bridgehead atoms. The highest BCUT2D eigenvalue weighted by Gasteiger charge is 2.18. The van der Waals surface area contributed by atoms with Gasteiger partial charge in [-0.2, -0.15) is 0 Å². The quantitative estimate of drug-likeness (QED) is 0.758. The van der Waals surface area contributed by atoms with Crippen molar-refractivity contribution in [2.75, 3.05) is 7.11 Å². The first-order chi connectivity index (χ1) is 11.5. The van der Waals surface area contributed by atoms with Crippen LogP contribution in [0.2, 0.25) is 10.0 Å². The monoisotopic (exact) mass is 365 g/mol. The van der Waals surface area contributed by atoms with Crippen LogP contribution in [0.15, 0.2) is 42.5 Å². The van der Waals surface area contributed by atoms with Gasteiger partial charge in [0, 0.05) is 22.5 Å². The second-order valence-corrected chi connectivity index (χ2v) is 6.45. The maximum atomic E-state index is 12.4. The molecule has 0 heterocycles. The van der Waals surface area contributed by atoms with E-state index in [-0.39, 0.29) is 11.8 Å². The average Bonchev–Trinajstić information content (AvgIpc) is 2.59. The number of benzene rings is 2. The van der Waals surface area contributed by atoms with Crippen LogP contribution in [0.3, 0.4) is 0 Å². The molecule has 1 amide bonds. The van der Waals surface area contributed by atoms with Crippen LogP contribution in [0.4, 0.5) is 0 Å². The van der Waals surface area contributed by atoms with Crippen molar-refractivity contribution in [2.24, 2.45) is 5.92 Å². The van der Waals surface area contributed by atoms with Crippen molar-refractivity contribution in [2.45, 2.75) is 26.3 Å². The molecule has 0 fully saturated rings. The van der Waals surface area contributed by atoms with E-state index in [1.54, 1.807) is 19.2 Å². The molecule has 24 heavy (non-hydrogen) atoms. The Morgan fingerprint density at radius 1 is 1.17 bits per heavy atom. The normalized spacial score (nSPS) is 11.8. The smallest absolute Gasteiger partial charge is 0.223 e. The number of carbonyl (C=O) groups excluding carboxylic acids is 1. The van der Waals surface area contributed by atoms with Gasteiger partial charge in [-0.05, 0) is 48.2 Å². The van der Waals surface area contributed by atoms with Crippen molar-refractivity contribution in [3.05, 3.63) is 63.6 Å². The number of ether oxygens (including phenoxy) is 1. The van der Waals surface area contributed by atoms with Gasteiger partial charge in [-0.25, -0.2) is 0 Å². The highest BCUT2D eigenvalue weighted by Crippen LogP contribution is 2.24. The topological polar surface area (TPSA) is 38.3 Å². The van der Waals surface area contributed by atoms with Crippen molar-refractivity contribution >= 4 is 29.1 Å². The lowest BCUT2D eigenvalue weighted by Gasteiger charge is -2.16. The van der Waals surface area contributed by atoms with Gasteiger partial charge in [0.1, 0.15) is 5.75 Å². The Balaban J connectivity index is 1.95. The number of nitrogens with one attached hydrogen (secondary N) is 1. The van der Waals surface area contributed by atoms with Gasteiger partial charge < -0.3 is 10.1 Å². The molecule has 2 aromatic carbocycles. The number of hydrogen-bond donors (Lipinski definition) is 1. The Morgan fingerprint density at radius 3 is 2.46 bits per heavy atom. The molecule has 128 valence electrons. The number of halogens is 2. The number of rotatable bonds is 7. The molecule has 0 aliphatic heterocycles. The zero-order chi connectivity index (χ0) is 17.5. The summed E-state index contributed by atoms with van der Waals surface area (Å²) in [5.41, 5.74) is 1.97. The molecule has 5 heteroatoms. The maximum Gasteiger partial charge on any atom is 0.223 e. The van der Waals surface area contributed by atoms with Crippen LogP contribution in [0.5, 0.6) is 5.75 Å². The largest absolute Gasteiger partial charge is 0.497 e. The highest BCUT2D eigenvalue weighted by molar-refractivity contribution is 6.35. The first kappa shape index (κ1) is 18.6.